The molecule has 1 aliphatic carbocycles. The molecule has 2 N–H and O–H groups in total. The van der Waals surface area contributed by atoms with Gasteiger partial charge in [0.25, 0.3) is 0 Å². The van der Waals surface area contributed by atoms with Crippen LogP contribution in [0.3, 0.4) is 0 Å². The average molecular weight is 381 g/mol. The van der Waals surface area contributed by atoms with Crippen molar-refractivity contribution in [3.05, 3.63) is 51.5 Å². The molecule has 1 atom stereocenters. The zero-order chi connectivity index (χ0) is 16.9. The third-order valence-corrected chi connectivity index (χ3v) is 7.70. The number of benzene rings is 1. The van der Waals surface area contributed by atoms with Gasteiger partial charge in [-0.2, -0.15) is 0 Å². The van der Waals surface area contributed by atoms with E-state index in [9.17, 15) is 8.42 Å². The first-order valence-corrected chi connectivity index (χ1v) is 10.5. The number of thiophene rings is 1. The van der Waals surface area contributed by atoms with Crippen molar-refractivity contribution in [2.45, 2.75) is 36.4 Å². The smallest absolute Gasteiger partial charge is 0.250 e. The Morgan fingerprint density at radius 2 is 2.12 bits per heavy atom. The Kier molecular flexibility index (Phi) is 3.95. The van der Waals surface area contributed by atoms with E-state index in [1.165, 1.54) is 22.6 Å². The molecule has 2 heterocycles. The molecule has 1 aromatic carbocycles. The maximum atomic E-state index is 12.6. The maximum Gasteiger partial charge on any atom is 0.250 e. The minimum atomic E-state index is -3.45. The second kappa shape index (κ2) is 5.88. The van der Waals surface area contributed by atoms with E-state index in [2.05, 4.69) is 9.71 Å². The summed E-state index contributed by atoms with van der Waals surface area (Å²) in [5.41, 5.74) is 3.42. The largest absolute Gasteiger partial charge is 0.358 e. The lowest BCUT2D eigenvalue weighted by atomic mass is 9.92. The van der Waals surface area contributed by atoms with Gasteiger partial charge >= 0.3 is 0 Å². The van der Waals surface area contributed by atoms with Crippen LogP contribution in [0.1, 0.15) is 22.6 Å². The van der Waals surface area contributed by atoms with Gasteiger partial charge < -0.3 is 4.98 Å². The molecule has 1 unspecified atom stereocenters. The molecule has 3 aromatic rings. The lowest BCUT2D eigenvalue weighted by molar-refractivity contribution is 0.507. The normalized spacial score (nSPS) is 18.0. The number of aromatic nitrogens is 1. The van der Waals surface area contributed by atoms with Crippen LogP contribution >= 0.6 is 22.9 Å². The maximum absolute atomic E-state index is 12.6. The first kappa shape index (κ1) is 16.1. The van der Waals surface area contributed by atoms with Crippen LogP contribution in [0.15, 0.2) is 34.5 Å². The summed E-state index contributed by atoms with van der Waals surface area (Å²) in [6, 6.07) is 9.20. The lowest BCUT2D eigenvalue weighted by Gasteiger charge is -2.23. The second-order valence-electron chi connectivity index (χ2n) is 6.20. The van der Waals surface area contributed by atoms with Crippen molar-refractivity contribution in [3.63, 3.8) is 0 Å². The van der Waals surface area contributed by atoms with Crippen molar-refractivity contribution in [1.82, 2.24) is 9.71 Å². The Labute approximate surface area is 149 Å². The number of sulfonamides is 1. The van der Waals surface area contributed by atoms with Crippen LogP contribution in [-0.4, -0.2) is 19.4 Å². The van der Waals surface area contributed by atoms with Crippen LogP contribution in [0.2, 0.25) is 5.02 Å². The van der Waals surface area contributed by atoms with Crippen molar-refractivity contribution in [3.8, 4) is 0 Å². The summed E-state index contributed by atoms with van der Waals surface area (Å²) < 4.78 is 28.4. The summed E-state index contributed by atoms with van der Waals surface area (Å²) in [6.07, 6.45) is 2.30. The highest BCUT2D eigenvalue weighted by Crippen LogP contribution is 2.31. The summed E-state index contributed by atoms with van der Waals surface area (Å²) >= 11 is 7.42. The van der Waals surface area contributed by atoms with Gasteiger partial charge in [-0.15, -0.1) is 11.3 Å². The molecule has 0 spiro atoms. The van der Waals surface area contributed by atoms with E-state index in [-0.39, 0.29) is 6.04 Å². The van der Waals surface area contributed by atoms with Gasteiger partial charge in [-0.3, -0.25) is 0 Å². The Bertz CT molecular complexity index is 1020. The minimum Gasteiger partial charge on any atom is -0.358 e. The topological polar surface area (TPSA) is 62.0 Å². The van der Waals surface area contributed by atoms with Crippen molar-refractivity contribution in [2.24, 2.45) is 0 Å². The summed E-state index contributed by atoms with van der Waals surface area (Å²) in [5, 5.41) is 1.79. The van der Waals surface area contributed by atoms with Gasteiger partial charge in [0.05, 0.1) is 0 Å². The van der Waals surface area contributed by atoms with Crippen LogP contribution in [-0.2, 0) is 22.9 Å². The SMILES string of the molecule is Cc1ccc(S(=O)(=O)NC2CCc3[nH]c4ccc(Cl)cc4c3C2)s1. The molecule has 126 valence electrons. The quantitative estimate of drug-likeness (QED) is 0.720. The molecule has 0 aliphatic heterocycles. The molecule has 0 saturated carbocycles. The number of rotatable bonds is 3. The number of H-pyrrole nitrogens is 1. The second-order valence-corrected chi connectivity index (χ2v) is 9.86. The molecule has 0 fully saturated rings. The molecule has 24 heavy (non-hydrogen) atoms. The van der Waals surface area contributed by atoms with Crippen molar-refractivity contribution >= 4 is 43.9 Å². The van der Waals surface area contributed by atoms with Gasteiger partial charge in [-0.05, 0) is 62.1 Å². The number of aryl methyl sites for hydroxylation is 2. The fraction of sp³-hybridized carbons (Fsp3) is 0.294. The van der Waals surface area contributed by atoms with Crippen LogP contribution in [0.4, 0.5) is 0 Å². The molecule has 4 nitrogen and oxygen atoms in total. The first-order valence-electron chi connectivity index (χ1n) is 7.80. The number of nitrogens with one attached hydrogen (secondary N) is 2. The van der Waals surface area contributed by atoms with Gasteiger partial charge in [0.15, 0.2) is 0 Å². The fourth-order valence-electron chi connectivity index (χ4n) is 3.32. The van der Waals surface area contributed by atoms with Crippen LogP contribution in [0.25, 0.3) is 10.9 Å². The molecule has 0 saturated heterocycles. The molecular weight excluding hydrogens is 364 g/mol. The first-order chi connectivity index (χ1) is 11.4. The number of hydrogen-bond acceptors (Lipinski definition) is 3. The number of fused-ring (bicyclic) bond motifs is 3. The van der Waals surface area contributed by atoms with Crippen LogP contribution < -0.4 is 4.72 Å². The summed E-state index contributed by atoms with van der Waals surface area (Å²) in [4.78, 5) is 4.42. The van der Waals surface area contributed by atoms with E-state index >= 15 is 0 Å². The Balaban J connectivity index is 1.62. The van der Waals surface area contributed by atoms with E-state index in [1.54, 1.807) is 6.07 Å². The van der Waals surface area contributed by atoms with Crippen LogP contribution in [0.5, 0.6) is 0 Å². The molecule has 0 bridgehead atoms. The number of aromatic amines is 1. The fourth-order valence-corrected chi connectivity index (χ4v) is 6.07. The van der Waals surface area contributed by atoms with E-state index in [1.807, 2.05) is 31.2 Å². The van der Waals surface area contributed by atoms with Gasteiger partial charge in [0, 0.05) is 32.5 Å². The Morgan fingerprint density at radius 1 is 1.29 bits per heavy atom. The van der Waals surface area contributed by atoms with Crippen molar-refractivity contribution in [1.29, 1.82) is 0 Å². The minimum absolute atomic E-state index is 0.0945. The Morgan fingerprint density at radius 3 is 2.88 bits per heavy atom. The summed E-state index contributed by atoms with van der Waals surface area (Å²) in [5.74, 6) is 0. The highest BCUT2D eigenvalue weighted by atomic mass is 35.5. The van der Waals surface area contributed by atoms with E-state index in [0.717, 1.165) is 28.6 Å². The van der Waals surface area contributed by atoms with E-state index in [0.29, 0.717) is 15.7 Å². The van der Waals surface area contributed by atoms with Gasteiger partial charge in [0.1, 0.15) is 4.21 Å². The number of halogens is 1. The Hall–Kier alpha value is -1.34. The molecule has 4 rings (SSSR count). The highest BCUT2D eigenvalue weighted by molar-refractivity contribution is 7.91. The van der Waals surface area contributed by atoms with Gasteiger partial charge in [-0.1, -0.05) is 11.6 Å². The predicted molar refractivity (Wildman–Crippen MR) is 98.5 cm³/mol. The molecular formula is C17H17ClN2O2S2. The molecule has 2 aromatic heterocycles. The monoisotopic (exact) mass is 380 g/mol. The van der Waals surface area contributed by atoms with Crippen LogP contribution in [0, 0.1) is 6.92 Å². The van der Waals surface area contributed by atoms with Gasteiger partial charge in [0.2, 0.25) is 10.0 Å². The highest BCUT2D eigenvalue weighted by Gasteiger charge is 2.27. The predicted octanol–water partition coefficient (Wildman–Crippen LogP) is 4.03. The molecule has 7 heteroatoms. The zero-order valence-electron chi connectivity index (χ0n) is 13.1. The average Bonchev–Trinajstić information content (AvgIpc) is 3.11. The molecule has 0 radical (unpaired) electrons. The van der Waals surface area contributed by atoms with E-state index < -0.39 is 10.0 Å². The third-order valence-electron chi connectivity index (χ3n) is 4.45. The number of hydrogen-bond donors (Lipinski definition) is 2. The summed E-state index contributed by atoms with van der Waals surface area (Å²) in [6.45, 7) is 1.91. The zero-order valence-corrected chi connectivity index (χ0v) is 15.5. The standard InChI is InChI=1S/C17H17ClN2O2S2/c1-10-2-7-17(23-10)24(21,22)20-12-4-6-16-14(9-12)13-8-11(18)3-5-15(13)19-16/h2-3,5,7-8,12,19-20H,4,6,9H2,1H3. The third kappa shape index (κ3) is 2.88. The molecule has 1 aliphatic rings. The molecule has 0 amide bonds. The van der Waals surface area contributed by atoms with E-state index in [4.69, 9.17) is 11.6 Å². The lowest BCUT2D eigenvalue weighted by Crippen LogP contribution is -2.38. The van der Waals surface area contributed by atoms with Crippen molar-refractivity contribution in [2.75, 3.05) is 0 Å². The van der Waals surface area contributed by atoms with Crippen molar-refractivity contribution < 1.29 is 8.42 Å². The van der Waals surface area contributed by atoms with Gasteiger partial charge in [-0.25, -0.2) is 13.1 Å². The summed E-state index contributed by atoms with van der Waals surface area (Å²) in [7, 11) is -3.45.